The predicted octanol–water partition coefficient (Wildman–Crippen LogP) is 3.31. The third-order valence-electron chi connectivity index (χ3n) is 2.05. The van der Waals surface area contributed by atoms with Gasteiger partial charge in [-0.1, -0.05) is 18.2 Å². The molecule has 0 amide bonds. The van der Waals surface area contributed by atoms with E-state index in [1.165, 1.54) is 0 Å². The Morgan fingerprint density at radius 2 is 1.40 bits per heavy atom. The summed E-state index contributed by atoms with van der Waals surface area (Å²) in [4.78, 5) is 0. The third-order valence-corrected chi connectivity index (χ3v) is 2.05. The molecule has 3 nitrogen and oxygen atoms in total. The molecule has 0 unspecified atom stereocenters. The van der Waals surface area contributed by atoms with Gasteiger partial charge in [0.05, 0.1) is 5.69 Å². The largest absolute Gasteiger partial charge is 0.356 e. The summed E-state index contributed by atoms with van der Waals surface area (Å²) < 4.78 is 0. The van der Waals surface area contributed by atoms with Gasteiger partial charge in [-0.3, -0.25) is 0 Å². The SMILES string of the molecule is [N]=Nc1ccc(Nc2ccccc2)cc1. The number of nitrogens with zero attached hydrogens (tertiary/aromatic N) is 2. The monoisotopic (exact) mass is 196 g/mol. The average Bonchev–Trinajstić information content (AvgIpc) is 2.31. The Morgan fingerprint density at radius 1 is 0.800 bits per heavy atom. The van der Waals surface area contributed by atoms with Gasteiger partial charge in [-0.25, -0.2) is 0 Å². The van der Waals surface area contributed by atoms with E-state index in [0.29, 0.717) is 5.69 Å². The first kappa shape index (κ1) is 9.40. The zero-order valence-corrected chi connectivity index (χ0v) is 8.09. The van der Waals surface area contributed by atoms with Crippen LogP contribution in [0.2, 0.25) is 0 Å². The van der Waals surface area contributed by atoms with Crippen molar-refractivity contribution in [2.24, 2.45) is 5.11 Å². The molecule has 0 aromatic heterocycles. The summed E-state index contributed by atoms with van der Waals surface area (Å²) in [6.07, 6.45) is 0. The van der Waals surface area contributed by atoms with Crippen molar-refractivity contribution in [1.29, 1.82) is 0 Å². The third kappa shape index (κ3) is 2.40. The molecule has 1 N–H and O–H groups in total. The van der Waals surface area contributed by atoms with Crippen molar-refractivity contribution in [2.75, 3.05) is 5.32 Å². The minimum Gasteiger partial charge on any atom is -0.356 e. The van der Waals surface area contributed by atoms with E-state index >= 15 is 0 Å². The highest BCUT2D eigenvalue weighted by Crippen LogP contribution is 2.19. The number of hydrogen-bond donors (Lipinski definition) is 1. The van der Waals surface area contributed by atoms with Gasteiger partial charge in [0.2, 0.25) is 0 Å². The lowest BCUT2D eigenvalue weighted by molar-refractivity contribution is 1.30. The fraction of sp³-hybridized carbons (Fsp3) is 0. The number of benzene rings is 2. The minimum absolute atomic E-state index is 0.550. The summed E-state index contributed by atoms with van der Waals surface area (Å²) in [6.45, 7) is 0. The fourth-order valence-corrected chi connectivity index (χ4v) is 1.30. The van der Waals surface area contributed by atoms with E-state index < -0.39 is 0 Å². The lowest BCUT2D eigenvalue weighted by atomic mass is 10.2. The maximum atomic E-state index is 8.52. The van der Waals surface area contributed by atoms with E-state index in [9.17, 15) is 0 Å². The number of rotatable bonds is 3. The minimum atomic E-state index is 0.550. The lowest BCUT2D eigenvalue weighted by Gasteiger charge is -2.05. The molecule has 0 aliphatic rings. The highest BCUT2D eigenvalue weighted by molar-refractivity contribution is 5.61. The van der Waals surface area contributed by atoms with Crippen LogP contribution in [-0.4, -0.2) is 0 Å². The topological polar surface area (TPSA) is 46.7 Å². The van der Waals surface area contributed by atoms with Crippen LogP contribution >= 0.6 is 0 Å². The van der Waals surface area contributed by atoms with Crippen molar-refractivity contribution in [3.8, 4) is 0 Å². The van der Waals surface area contributed by atoms with Gasteiger partial charge in [-0.2, -0.15) is 0 Å². The van der Waals surface area contributed by atoms with E-state index in [4.69, 9.17) is 5.53 Å². The van der Waals surface area contributed by atoms with Crippen LogP contribution in [0.15, 0.2) is 59.7 Å². The van der Waals surface area contributed by atoms with Crippen molar-refractivity contribution in [1.82, 2.24) is 5.53 Å². The Kier molecular flexibility index (Phi) is 2.74. The molecule has 0 aliphatic carbocycles. The van der Waals surface area contributed by atoms with E-state index in [1.807, 2.05) is 42.5 Å². The zero-order valence-electron chi connectivity index (χ0n) is 8.09. The Bertz CT molecular complexity index is 434. The summed E-state index contributed by atoms with van der Waals surface area (Å²) in [6, 6.07) is 17.1. The molecule has 0 bridgehead atoms. The molecule has 2 aromatic rings. The van der Waals surface area contributed by atoms with Crippen molar-refractivity contribution in [3.05, 3.63) is 54.6 Å². The van der Waals surface area contributed by atoms with Gasteiger partial charge >= 0.3 is 0 Å². The molecule has 0 saturated heterocycles. The number of nitrogens with one attached hydrogen (secondary N) is 1. The zero-order chi connectivity index (χ0) is 10.5. The van der Waals surface area contributed by atoms with Gasteiger partial charge < -0.3 is 5.32 Å². The first-order chi connectivity index (χ1) is 7.38. The summed E-state index contributed by atoms with van der Waals surface area (Å²) in [5, 5.41) is 6.32. The Hall–Kier alpha value is -2.16. The molecule has 0 spiro atoms. The molecule has 3 heteroatoms. The van der Waals surface area contributed by atoms with Crippen LogP contribution in [0.4, 0.5) is 17.1 Å². The Balaban J connectivity index is 2.15. The summed E-state index contributed by atoms with van der Waals surface area (Å²) in [5.74, 6) is 0. The molecule has 0 aliphatic heterocycles. The highest BCUT2D eigenvalue weighted by atomic mass is 15.0. The Morgan fingerprint density at radius 3 is 2.00 bits per heavy atom. The van der Waals surface area contributed by atoms with Crippen molar-refractivity contribution in [3.63, 3.8) is 0 Å². The van der Waals surface area contributed by atoms with Gasteiger partial charge in [-0.05, 0) is 41.9 Å². The standard InChI is InChI=1S/C12H10N3/c13-15-12-8-6-11(7-9-12)14-10-4-2-1-3-5-10/h1-9,14H. The number of anilines is 2. The van der Waals surface area contributed by atoms with E-state index in [1.54, 1.807) is 12.1 Å². The first-order valence-electron chi connectivity index (χ1n) is 4.66. The van der Waals surface area contributed by atoms with Gasteiger partial charge in [-0.15, -0.1) is 5.11 Å². The van der Waals surface area contributed by atoms with Crippen LogP contribution in [0.3, 0.4) is 0 Å². The van der Waals surface area contributed by atoms with Crippen LogP contribution in [0.25, 0.3) is 0 Å². The van der Waals surface area contributed by atoms with Crippen LogP contribution < -0.4 is 10.8 Å². The van der Waals surface area contributed by atoms with Crippen molar-refractivity contribution < 1.29 is 0 Å². The van der Waals surface area contributed by atoms with Gasteiger partial charge in [0.25, 0.3) is 0 Å². The molecule has 2 rings (SSSR count). The average molecular weight is 196 g/mol. The second-order valence-electron chi connectivity index (χ2n) is 3.14. The molecule has 0 saturated carbocycles. The molecule has 0 heterocycles. The second kappa shape index (κ2) is 4.37. The van der Waals surface area contributed by atoms with E-state index in [2.05, 4.69) is 10.4 Å². The maximum absolute atomic E-state index is 8.52. The number of hydrogen-bond acceptors (Lipinski definition) is 2. The van der Waals surface area contributed by atoms with Gasteiger partial charge in [0.15, 0.2) is 0 Å². The molecule has 0 fully saturated rings. The molecule has 1 radical (unpaired) electrons. The quantitative estimate of drug-likeness (QED) is 0.752. The summed E-state index contributed by atoms with van der Waals surface area (Å²) >= 11 is 0. The first-order valence-corrected chi connectivity index (χ1v) is 4.66. The molecule has 2 aromatic carbocycles. The normalized spacial score (nSPS) is 9.60. The molecule has 0 atom stereocenters. The number of para-hydroxylation sites is 1. The predicted molar refractivity (Wildman–Crippen MR) is 60.4 cm³/mol. The van der Waals surface area contributed by atoms with Gasteiger partial charge in [0.1, 0.15) is 0 Å². The summed E-state index contributed by atoms with van der Waals surface area (Å²) in [5.41, 5.74) is 11.1. The lowest BCUT2D eigenvalue weighted by Crippen LogP contribution is -1.88. The van der Waals surface area contributed by atoms with Crippen LogP contribution in [0.1, 0.15) is 0 Å². The van der Waals surface area contributed by atoms with Gasteiger partial charge in [0, 0.05) is 11.4 Å². The molecule has 15 heavy (non-hydrogen) atoms. The maximum Gasteiger partial charge on any atom is 0.0877 e. The molecular formula is C12H10N3. The Labute approximate surface area is 88.3 Å². The van der Waals surface area contributed by atoms with Crippen molar-refractivity contribution in [2.45, 2.75) is 0 Å². The molecule has 73 valence electrons. The smallest absolute Gasteiger partial charge is 0.0877 e. The van der Waals surface area contributed by atoms with Crippen LogP contribution in [0.5, 0.6) is 0 Å². The fourth-order valence-electron chi connectivity index (χ4n) is 1.30. The molecular weight excluding hydrogens is 186 g/mol. The van der Waals surface area contributed by atoms with Crippen LogP contribution in [-0.2, 0) is 0 Å². The second-order valence-corrected chi connectivity index (χ2v) is 3.14. The van der Waals surface area contributed by atoms with E-state index in [0.717, 1.165) is 11.4 Å². The van der Waals surface area contributed by atoms with Crippen LogP contribution in [0, 0.1) is 0 Å². The van der Waals surface area contributed by atoms with E-state index in [-0.39, 0.29) is 0 Å². The summed E-state index contributed by atoms with van der Waals surface area (Å²) in [7, 11) is 0. The van der Waals surface area contributed by atoms with Crippen molar-refractivity contribution >= 4 is 17.1 Å². The highest BCUT2D eigenvalue weighted by Gasteiger charge is 1.93.